The van der Waals surface area contributed by atoms with E-state index in [1.165, 1.54) is 35.4 Å². The van der Waals surface area contributed by atoms with Gasteiger partial charge in [-0.05, 0) is 76.2 Å². The molecule has 0 spiro atoms. The summed E-state index contributed by atoms with van der Waals surface area (Å²) in [7, 11) is 5.32. The largest absolute Gasteiger partial charge is 0.436 e. The molecule has 2 aromatic heterocycles. The first-order valence-corrected chi connectivity index (χ1v) is 16.8. The first-order chi connectivity index (χ1) is 25.7. The highest BCUT2D eigenvalue weighted by molar-refractivity contribution is 6.05. The average molecular weight is 756 g/mol. The van der Waals surface area contributed by atoms with E-state index in [1.807, 2.05) is 19.0 Å². The van der Waals surface area contributed by atoms with Gasteiger partial charge in [-0.25, -0.2) is 18.4 Å². The fourth-order valence-electron chi connectivity index (χ4n) is 5.70. The number of aromatic nitrogens is 4. The highest BCUT2D eigenvalue weighted by Crippen LogP contribution is 2.34. The maximum atomic E-state index is 15.1. The molecule has 0 saturated heterocycles. The van der Waals surface area contributed by atoms with Gasteiger partial charge < -0.3 is 30.5 Å². The van der Waals surface area contributed by atoms with Crippen molar-refractivity contribution < 1.29 is 41.1 Å². The van der Waals surface area contributed by atoms with Crippen molar-refractivity contribution in [1.29, 1.82) is 0 Å². The molecular weight excluding hydrogens is 717 g/mol. The molecule has 13 nitrogen and oxygen atoms in total. The van der Waals surface area contributed by atoms with Crippen molar-refractivity contribution in [2.45, 2.75) is 43.9 Å². The van der Waals surface area contributed by atoms with Gasteiger partial charge in [0.05, 0.1) is 24.0 Å². The Kier molecular flexibility index (Phi) is 12.6. The Morgan fingerprint density at radius 1 is 1.02 bits per heavy atom. The van der Waals surface area contributed by atoms with Gasteiger partial charge in [-0.1, -0.05) is 6.08 Å². The first-order valence-electron chi connectivity index (χ1n) is 16.8. The molecule has 0 radical (unpaired) electrons. The van der Waals surface area contributed by atoms with Crippen LogP contribution in [0, 0.1) is 11.6 Å². The van der Waals surface area contributed by atoms with Crippen LogP contribution in [-0.2, 0) is 15.8 Å². The van der Waals surface area contributed by atoms with Crippen molar-refractivity contribution in [1.82, 2.24) is 34.9 Å². The monoisotopic (exact) mass is 755 g/mol. The van der Waals surface area contributed by atoms with Crippen LogP contribution in [0.25, 0.3) is 5.69 Å². The number of benzene rings is 2. The van der Waals surface area contributed by atoms with E-state index in [-0.39, 0.29) is 59.4 Å². The summed E-state index contributed by atoms with van der Waals surface area (Å²) >= 11 is 0. The third-order valence-electron chi connectivity index (χ3n) is 8.25. The highest BCUT2D eigenvalue weighted by Gasteiger charge is 2.40. The van der Waals surface area contributed by atoms with Gasteiger partial charge in [-0.3, -0.25) is 14.4 Å². The molecule has 0 bridgehead atoms. The van der Waals surface area contributed by atoms with Crippen LogP contribution in [0.15, 0.2) is 73.1 Å². The van der Waals surface area contributed by atoms with E-state index in [9.17, 15) is 31.9 Å². The van der Waals surface area contributed by atoms with E-state index in [0.717, 1.165) is 55.8 Å². The van der Waals surface area contributed by atoms with Crippen molar-refractivity contribution in [2.24, 2.45) is 0 Å². The SMILES string of the molecule is CN(C)C/C=C/C(=O)N(C)CC(=O)NC1CCCC(Nc2nccc(Oc3ccc(NC(=O)c4cnn(-c5ccc(F)cc5)c4C(F)(F)F)cc3F)n2)C1. The molecule has 54 heavy (non-hydrogen) atoms. The lowest BCUT2D eigenvalue weighted by molar-refractivity contribution is -0.143. The number of nitrogens with one attached hydrogen (secondary N) is 3. The number of hydrogen-bond donors (Lipinski definition) is 3. The molecule has 18 heteroatoms. The lowest BCUT2D eigenvalue weighted by Gasteiger charge is -2.30. The molecule has 286 valence electrons. The second kappa shape index (κ2) is 17.3. The molecule has 2 aromatic carbocycles. The van der Waals surface area contributed by atoms with Gasteiger partial charge in [0.1, 0.15) is 5.82 Å². The Hall–Kier alpha value is -5.91. The van der Waals surface area contributed by atoms with E-state index in [1.54, 1.807) is 13.1 Å². The molecule has 1 aliphatic carbocycles. The fraction of sp³-hybridized carbons (Fsp3) is 0.333. The predicted molar refractivity (Wildman–Crippen MR) is 188 cm³/mol. The summed E-state index contributed by atoms with van der Waals surface area (Å²) in [5, 5.41) is 12.1. The number of amides is 3. The summed E-state index contributed by atoms with van der Waals surface area (Å²) in [6.45, 7) is 0.514. The zero-order valence-corrected chi connectivity index (χ0v) is 29.5. The van der Waals surface area contributed by atoms with Gasteiger partial charge in [-0.15, -0.1) is 0 Å². The number of halogens is 5. The number of nitrogens with zero attached hydrogens (tertiary/aromatic N) is 6. The predicted octanol–water partition coefficient (Wildman–Crippen LogP) is 5.42. The van der Waals surface area contributed by atoms with E-state index in [2.05, 4.69) is 31.0 Å². The van der Waals surface area contributed by atoms with Crippen molar-refractivity contribution in [3.63, 3.8) is 0 Å². The van der Waals surface area contributed by atoms with Crippen molar-refractivity contribution >= 4 is 29.4 Å². The lowest BCUT2D eigenvalue weighted by Crippen LogP contribution is -2.46. The maximum Gasteiger partial charge on any atom is 0.434 e. The maximum absolute atomic E-state index is 15.1. The molecule has 1 fully saturated rings. The number of alkyl halides is 3. The second-order valence-electron chi connectivity index (χ2n) is 12.8. The van der Waals surface area contributed by atoms with Crippen LogP contribution >= 0.6 is 0 Å². The van der Waals surface area contributed by atoms with E-state index in [4.69, 9.17) is 4.74 Å². The van der Waals surface area contributed by atoms with E-state index < -0.39 is 35.0 Å². The number of anilines is 2. The minimum Gasteiger partial charge on any atom is -0.436 e. The zero-order chi connectivity index (χ0) is 39.0. The number of likely N-dealkylation sites (N-methyl/N-ethyl adjacent to an activating group) is 2. The second-order valence-corrected chi connectivity index (χ2v) is 12.8. The molecule has 2 atom stereocenters. The summed E-state index contributed by atoms with van der Waals surface area (Å²) in [4.78, 5) is 49.6. The molecule has 0 aliphatic heterocycles. The van der Waals surface area contributed by atoms with Crippen LogP contribution < -0.4 is 20.7 Å². The van der Waals surface area contributed by atoms with Gasteiger partial charge in [-0.2, -0.15) is 23.3 Å². The van der Waals surface area contributed by atoms with Crippen LogP contribution in [0.2, 0.25) is 0 Å². The van der Waals surface area contributed by atoms with Crippen LogP contribution in [0.1, 0.15) is 41.7 Å². The van der Waals surface area contributed by atoms with Crippen molar-refractivity contribution in [3.8, 4) is 17.3 Å². The summed E-state index contributed by atoms with van der Waals surface area (Å²) < 4.78 is 76.6. The standard InChI is InChI=1S/C36H38F5N9O4/c1-48(2)17-5-8-32(52)49(3)21-30(51)44-23-6-4-7-24(18-23)46-35-42-16-15-31(47-35)54-29-14-11-25(19-28(29)38)45-34(53)27-20-43-50(33(27)36(39,40)41)26-12-9-22(37)10-13-26/h5,8-16,19-20,23-24H,4,6-7,17-18,21H2,1-3H3,(H,44,51)(H,45,53)(H,42,46,47)/b8-5+. The zero-order valence-electron chi connectivity index (χ0n) is 29.5. The number of hydrogen-bond acceptors (Lipinski definition) is 9. The molecule has 2 heterocycles. The topological polar surface area (TPSA) is 147 Å². The van der Waals surface area contributed by atoms with Crippen LogP contribution in [0.4, 0.5) is 33.6 Å². The van der Waals surface area contributed by atoms with E-state index >= 15 is 4.39 Å². The summed E-state index contributed by atoms with van der Waals surface area (Å²) in [5.74, 6) is -3.46. The summed E-state index contributed by atoms with van der Waals surface area (Å²) in [6, 6.07) is 8.51. The first kappa shape index (κ1) is 39.3. The van der Waals surface area contributed by atoms with Crippen LogP contribution in [0.3, 0.4) is 0 Å². The molecule has 3 N–H and O–H groups in total. The van der Waals surface area contributed by atoms with Gasteiger partial charge in [0, 0.05) is 55.8 Å². The number of carbonyl (C=O) groups excluding carboxylic acids is 3. The normalized spacial score (nSPS) is 15.9. The number of carbonyl (C=O) groups is 3. The molecule has 1 aliphatic rings. The smallest absolute Gasteiger partial charge is 0.434 e. The van der Waals surface area contributed by atoms with E-state index in [0.29, 0.717) is 17.6 Å². The Morgan fingerprint density at radius 2 is 1.76 bits per heavy atom. The molecular formula is C36H38F5N9O4. The summed E-state index contributed by atoms with van der Waals surface area (Å²) in [5.41, 5.74) is -2.51. The fourth-order valence-corrected chi connectivity index (χ4v) is 5.70. The Balaban J connectivity index is 1.17. The number of rotatable bonds is 13. The molecule has 1 saturated carbocycles. The quantitative estimate of drug-likeness (QED) is 0.120. The molecule has 2 unspecified atom stereocenters. The van der Waals surface area contributed by atoms with Crippen LogP contribution in [-0.4, -0.2) is 93.6 Å². The third-order valence-corrected chi connectivity index (χ3v) is 8.25. The van der Waals surface area contributed by atoms with Crippen molar-refractivity contribution in [3.05, 3.63) is 96.0 Å². The van der Waals surface area contributed by atoms with Gasteiger partial charge in [0.2, 0.25) is 23.6 Å². The van der Waals surface area contributed by atoms with Gasteiger partial charge >= 0.3 is 6.18 Å². The Labute approximate surface area is 307 Å². The Bertz CT molecular complexity index is 1990. The summed E-state index contributed by atoms with van der Waals surface area (Å²) in [6.07, 6.45) is 3.18. The highest BCUT2D eigenvalue weighted by atomic mass is 19.4. The van der Waals surface area contributed by atoms with Gasteiger partial charge in [0.25, 0.3) is 5.91 Å². The molecule has 4 aromatic rings. The lowest BCUT2D eigenvalue weighted by atomic mass is 9.91. The number of ether oxygens (including phenoxy) is 1. The Morgan fingerprint density at radius 3 is 2.46 bits per heavy atom. The minimum absolute atomic E-state index is 0.0146. The average Bonchev–Trinajstić information content (AvgIpc) is 3.57. The molecule has 3 amide bonds. The molecule has 5 rings (SSSR count). The third kappa shape index (κ3) is 10.6. The van der Waals surface area contributed by atoms with Crippen LogP contribution in [0.5, 0.6) is 11.6 Å². The van der Waals surface area contributed by atoms with Gasteiger partial charge in [0.15, 0.2) is 17.3 Å². The minimum atomic E-state index is -5.01. The van der Waals surface area contributed by atoms with Crippen molar-refractivity contribution in [2.75, 3.05) is 44.9 Å².